The molecular formula is C21H20FN3O3. The summed E-state index contributed by atoms with van der Waals surface area (Å²) in [6, 6.07) is 12.8. The Balaban J connectivity index is 1.53. The summed E-state index contributed by atoms with van der Waals surface area (Å²) in [5.74, 6) is -0.679. The molecule has 144 valence electrons. The number of halogens is 1. The molecule has 6 nitrogen and oxygen atoms in total. The molecule has 3 rings (SSSR count). The van der Waals surface area contributed by atoms with Crippen LogP contribution in [0.1, 0.15) is 12.0 Å². The van der Waals surface area contributed by atoms with Crippen molar-refractivity contribution in [2.45, 2.75) is 6.42 Å². The van der Waals surface area contributed by atoms with Crippen LogP contribution < -0.4 is 15.1 Å². The zero-order chi connectivity index (χ0) is 19.9. The van der Waals surface area contributed by atoms with Crippen molar-refractivity contribution in [1.29, 1.82) is 0 Å². The molecule has 1 fully saturated rings. The van der Waals surface area contributed by atoms with Gasteiger partial charge in [-0.2, -0.15) is 5.10 Å². The smallest absolute Gasteiger partial charge is 0.245 e. The Morgan fingerprint density at radius 3 is 2.64 bits per heavy atom. The molecule has 0 saturated carbocycles. The van der Waals surface area contributed by atoms with Crippen LogP contribution in [-0.2, 0) is 9.59 Å². The molecule has 1 aliphatic heterocycles. The number of carbonyl (C=O) groups excluding carboxylic acids is 2. The van der Waals surface area contributed by atoms with Crippen molar-refractivity contribution in [3.63, 3.8) is 0 Å². The Hall–Kier alpha value is -3.48. The Labute approximate surface area is 162 Å². The van der Waals surface area contributed by atoms with Crippen LogP contribution in [0.15, 0.2) is 66.3 Å². The van der Waals surface area contributed by atoms with Gasteiger partial charge in [0.05, 0.1) is 12.1 Å². The first-order valence-corrected chi connectivity index (χ1v) is 8.79. The Kier molecular flexibility index (Phi) is 6.16. The number of hydrazone groups is 1. The third-order valence-corrected chi connectivity index (χ3v) is 4.27. The van der Waals surface area contributed by atoms with Gasteiger partial charge in [0.15, 0.2) is 0 Å². The molecule has 0 bridgehead atoms. The van der Waals surface area contributed by atoms with Crippen molar-refractivity contribution in [1.82, 2.24) is 5.43 Å². The maximum atomic E-state index is 13.0. The van der Waals surface area contributed by atoms with Gasteiger partial charge in [-0.3, -0.25) is 9.59 Å². The largest absolute Gasteiger partial charge is 0.490 e. The number of nitrogens with zero attached hydrogens (tertiary/aromatic N) is 2. The number of nitrogens with one attached hydrogen (secondary N) is 1. The van der Waals surface area contributed by atoms with Gasteiger partial charge in [0.25, 0.3) is 0 Å². The average Bonchev–Trinajstić information content (AvgIpc) is 3.09. The molecule has 0 spiro atoms. The van der Waals surface area contributed by atoms with Gasteiger partial charge < -0.3 is 9.64 Å². The standard InChI is InChI=1S/C21H20FN3O3/c1-2-11-28-19-9-3-15(4-10-19)13-23-24-21(27)16-12-20(26)25(14-16)18-7-5-17(22)6-8-18/h2-10,13,16H,1,11-12,14H2,(H,24,27)/b23-13-/t16-/m1/s1. The zero-order valence-electron chi connectivity index (χ0n) is 15.2. The van der Waals surface area contributed by atoms with Crippen LogP contribution in [0, 0.1) is 11.7 Å². The molecule has 1 saturated heterocycles. The number of benzene rings is 2. The predicted octanol–water partition coefficient (Wildman–Crippen LogP) is 2.89. The van der Waals surface area contributed by atoms with Gasteiger partial charge in [0.1, 0.15) is 18.2 Å². The van der Waals surface area contributed by atoms with E-state index in [-0.39, 0.29) is 30.6 Å². The van der Waals surface area contributed by atoms with Crippen molar-refractivity contribution >= 4 is 23.7 Å². The van der Waals surface area contributed by atoms with E-state index in [4.69, 9.17) is 4.74 Å². The number of anilines is 1. The van der Waals surface area contributed by atoms with E-state index in [0.717, 1.165) is 5.56 Å². The molecule has 2 aromatic carbocycles. The van der Waals surface area contributed by atoms with Crippen molar-refractivity contribution in [2.75, 3.05) is 18.1 Å². The summed E-state index contributed by atoms with van der Waals surface area (Å²) in [7, 11) is 0. The summed E-state index contributed by atoms with van der Waals surface area (Å²) >= 11 is 0. The first kappa shape index (κ1) is 19.3. The quantitative estimate of drug-likeness (QED) is 0.455. The van der Waals surface area contributed by atoms with E-state index in [1.807, 2.05) is 12.1 Å². The number of hydrogen-bond acceptors (Lipinski definition) is 4. The monoisotopic (exact) mass is 381 g/mol. The topological polar surface area (TPSA) is 71.0 Å². The van der Waals surface area contributed by atoms with Gasteiger partial charge >= 0.3 is 0 Å². The fourth-order valence-corrected chi connectivity index (χ4v) is 2.82. The second-order valence-electron chi connectivity index (χ2n) is 6.28. The third-order valence-electron chi connectivity index (χ3n) is 4.27. The predicted molar refractivity (Wildman–Crippen MR) is 105 cm³/mol. The van der Waals surface area contributed by atoms with Crippen molar-refractivity contribution in [2.24, 2.45) is 11.0 Å². The molecule has 2 amide bonds. The van der Waals surface area contributed by atoms with Crippen LogP contribution in [-0.4, -0.2) is 31.2 Å². The highest BCUT2D eigenvalue weighted by Crippen LogP contribution is 2.25. The lowest BCUT2D eigenvalue weighted by molar-refractivity contribution is -0.126. The van der Waals surface area contributed by atoms with Crippen LogP contribution in [0.3, 0.4) is 0 Å². The van der Waals surface area contributed by atoms with E-state index < -0.39 is 5.92 Å². The summed E-state index contributed by atoms with van der Waals surface area (Å²) in [6.45, 7) is 4.25. The number of ether oxygens (including phenoxy) is 1. The summed E-state index contributed by atoms with van der Waals surface area (Å²) in [5.41, 5.74) is 3.84. The van der Waals surface area contributed by atoms with E-state index in [9.17, 15) is 14.0 Å². The molecule has 1 N–H and O–H groups in total. The lowest BCUT2D eigenvalue weighted by Gasteiger charge is -2.16. The molecule has 1 atom stereocenters. The van der Waals surface area contributed by atoms with E-state index in [1.165, 1.54) is 35.4 Å². The van der Waals surface area contributed by atoms with E-state index in [1.54, 1.807) is 18.2 Å². The summed E-state index contributed by atoms with van der Waals surface area (Å²) < 4.78 is 18.4. The normalized spacial score (nSPS) is 16.4. The molecule has 1 heterocycles. The first-order valence-electron chi connectivity index (χ1n) is 8.79. The fraction of sp³-hybridized carbons (Fsp3) is 0.190. The van der Waals surface area contributed by atoms with Gasteiger partial charge in [-0.05, 0) is 54.1 Å². The highest BCUT2D eigenvalue weighted by atomic mass is 19.1. The molecule has 0 unspecified atom stereocenters. The maximum absolute atomic E-state index is 13.0. The highest BCUT2D eigenvalue weighted by molar-refractivity contribution is 6.00. The Morgan fingerprint density at radius 1 is 1.25 bits per heavy atom. The molecule has 0 radical (unpaired) electrons. The minimum atomic E-state index is -0.510. The molecule has 28 heavy (non-hydrogen) atoms. The Morgan fingerprint density at radius 2 is 1.96 bits per heavy atom. The van der Waals surface area contributed by atoms with Crippen LogP contribution in [0.5, 0.6) is 5.75 Å². The number of amides is 2. The lowest BCUT2D eigenvalue weighted by atomic mass is 10.1. The minimum absolute atomic E-state index is 0.0913. The van der Waals surface area contributed by atoms with Gasteiger partial charge in [0.2, 0.25) is 11.8 Å². The molecule has 0 aliphatic carbocycles. The molecule has 1 aliphatic rings. The van der Waals surface area contributed by atoms with Crippen molar-refractivity contribution < 1.29 is 18.7 Å². The van der Waals surface area contributed by atoms with Crippen molar-refractivity contribution in [3.8, 4) is 5.75 Å². The number of carbonyl (C=O) groups is 2. The van der Waals surface area contributed by atoms with Crippen LogP contribution in [0.25, 0.3) is 0 Å². The zero-order valence-corrected chi connectivity index (χ0v) is 15.2. The lowest BCUT2D eigenvalue weighted by Crippen LogP contribution is -2.30. The SMILES string of the molecule is C=CCOc1ccc(/C=N\NC(=O)[C@@H]2CC(=O)N(c3ccc(F)cc3)C2)cc1. The van der Waals surface area contributed by atoms with Crippen LogP contribution in [0.4, 0.5) is 10.1 Å². The van der Waals surface area contributed by atoms with Gasteiger partial charge in [0, 0.05) is 18.7 Å². The second kappa shape index (κ2) is 8.94. The van der Waals surface area contributed by atoms with E-state index in [2.05, 4.69) is 17.1 Å². The fourth-order valence-electron chi connectivity index (χ4n) is 2.82. The third kappa shape index (κ3) is 4.82. The van der Waals surface area contributed by atoms with Crippen molar-refractivity contribution in [3.05, 3.63) is 72.6 Å². The van der Waals surface area contributed by atoms with Gasteiger partial charge in [-0.1, -0.05) is 12.7 Å². The summed E-state index contributed by atoms with van der Waals surface area (Å²) in [5, 5.41) is 3.95. The second-order valence-corrected chi connectivity index (χ2v) is 6.28. The van der Waals surface area contributed by atoms with Gasteiger partial charge in [-0.25, -0.2) is 9.82 Å². The van der Waals surface area contributed by atoms with Gasteiger partial charge in [-0.15, -0.1) is 0 Å². The van der Waals surface area contributed by atoms with E-state index >= 15 is 0 Å². The molecule has 0 aromatic heterocycles. The molecular weight excluding hydrogens is 361 g/mol. The molecule has 7 heteroatoms. The minimum Gasteiger partial charge on any atom is -0.490 e. The highest BCUT2D eigenvalue weighted by Gasteiger charge is 2.35. The summed E-state index contributed by atoms with van der Waals surface area (Å²) in [4.78, 5) is 25.9. The number of rotatable bonds is 7. The first-order chi connectivity index (χ1) is 13.6. The van der Waals surface area contributed by atoms with Crippen LogP contribution in [0.2, 0.25) is 0 Å². The van der Waals surface area contributed by atoms with Crippen LogP contribution >= 0.6 is 0 Å². The Bertz CT molecular complexity index is 879. The summed E-state index contributed by atoms with van der Waals surface area (Å²) in [6.07, 6.45) is 3.27. The number of hydrogen-bond donors (Lipinski definition) is 1. The van der Waals surface area contributed by atoms with E-state index in [0.29, 0.717) is 18.0 Å². The average molecular weight is 381 g/mol. The molecule has 2 aromatic rings. The maximum Gasteiger partial charge on any atom is 0.245 e.